The summed E-state index contributed by atoms with van der Waals surface area (Å²) in [6.45, 7) is 0. The van der Waals surface area contributed by atoms with E-state index >= 15 is 0 Å². The van der Waals surface area contributed by atoms with E-state index in [4.69, 9.17) is 10.2 Å². The fraction of sp³-hybridized carbons (Fsp3) is 0.333. The highest BCUT2D eigenvalue weighted by atomic mass is 16.5. The summed E-state index contributed by atoms with van der Waals surface area (Å²) < 4.78 is 0. The summed E-state index contributed by atoms with van der Waals surface area (Å²) in [6.07, 6.45) is -0.806. The first-order valence-electron chi connectivity index (χ1n) is 1.56. The lowest BCUT2D eigenvalue weighted by molar-refractivity contribution is -0.147. The van der Waals surface area contributed by atoms with Crippen LogP contribution in [0.1, 0.15) is 6.42 Å². The first kappa shape index (κ1) is 5.94. The lowest BCUT2D eigenvalue weighted by Gasteiger charge is -1.80. The van der Waals surface area contributed by atoms with E-state index in [2.05, 4.69) is 0 Å². The van der Waals surface area contributed by atoms with Crippen molar-refractivity contribution < 1.29 is 19.8 Å². The quantitative estimate of drug-likeness (QED) is 0.369. The molecule has 0 aliphatic rings. The van der Waals surface area contributed by atoms with Crippen molar-refractivity contribution in [3.63, 3.8) is 0 Å². The summed E-state index contributed by atoms with van der Waals surface area (Å²) in [7, 11) is 0. The number of carboxylic acids is 2. The van der Waals surface area contributed by atoms with Crippen molar-refractivity contribution in [1.29, 1.82) is 0 Å². The van der Waals surface area contributed by atoms with Gasteiger partial charge in [-0.15, -0.1) is 0 Å². The number of aliphatic carboxylic acids is 2. The van der Waals surface area contributed by atoms with Crippen LogP contribution in [0.3, 0.4) is 0 Å². The van der Waals surface area contributed by atoms with Gasteiger partial charge in [0, 0.05) is 0 Å². The molecule has 40 valence electrons. The zero-order valence-corrected chi connectivity index (χ0v) is 3.42. The van der Waals surface area contributed by atoms with Crippen LogP contribution in [-0.4, -0.2) is 22.2 Å². The third-order valence-electron chi connectivity index (χ3n) is 0.302. The highest BCUT2D eigenvalue weighted by Gasteiger charge is 2.01. The zero-order valence-electron chi connectivity index (χ0n) is 3.42. The maximum atomic E-state index is 9.43. The molecule has 0 saturated heterocycles. The molecule has 0 spiro atoms. The number of hydrogen-bond acceptors (Lipinski definition) is 2. The Labute approximate surface area is 39.4 Å². The molecule has 0 aromatic rings. The Morgan fingerprint density at radius 3 is 1.43 bits per heavy atom. The molecule has 0 fully saturated rings. The Morgan fingerprint density at radius 1 is 1.14 bits per heavy atom. The average molecular weight is 106 g/mol. The average Bonchev–Trinajstić information content (AvgIpc) is 1.27. The highest BCUT2D eigenvalue weighted by molar-refractivity contribution is 5.88. The molecule has 0 aliphatic carbocycles. The van der Waals surface area contributed by atoms with Crippen molar-refractivity contribution in [2.75, 3.05) is 0 Å². The second kappa shape index (κ2) is 2.17. The first-order valence-corrected chi connectivity index (χ1v) is 1.56. The molecule has 0 aromatic carbocycles. The number of carbonyl (C=O) groups is 2. The van der Waals surface area contributed by atoms with Gasteiger partial charge in [-0.3, -0.25) is 9.59 Å². The van der Waals surface area contributed by atoms with E-state index in [9.17, 15) is 9.59 Å². The van der Waals surface area contributed by atoms with Gasteiger partial charge >= 0.3 is 11.9 Å². The molecule has 0 aliphatic heterocycles. The van der Waals surface area contributed by atoms with Crippen LogP contribution in [0.5, 0.6) is 0 Å². The molecule has 0 unspecified atom stereocenters. The van der Waals surface area contributed by atoms with E-state index in [1.54, 1.807) is 0 Å². The monoisotopic (exact) mass is 106 g/mol. The number of rotatable bonds is 2. The topological polar surface area (TPSA) is 74.6 Å². The molecule has 0 atom stereocenters. The van der Waals surface area contributed by atoms with E-state index in [1.165, 1.54) is 0 Å². The van der Waals surface area contributed by atoms with Crippen molar-refractivity contribution in [2.45, 2.75) is 6.42 Å². The predicted octanol–water partition coefficient (Wildman–Crippen LogP) is -0.454. The summed E-state index contributed by atoms with van der Waals surface area (Å²) in [5.41, 5.74) is 0. The highest BCUT2D eigenvalue weighted by Crippen LogP contribution is 1.74. The molecule has 0 rings (SSSR count). The van der Waals surface area contributed by atoms with Crippen LogP contribution in [0.4, 0.5) is 0 Å². The first-order chi connectivity index (χ1) is 3.13. The van der Waals surface area contributed by atoms with E-state index in [0.29, 0.717) is 0 Å². The van der Waals surface area contributed by atoms with Gasteiger partial charge in [-0.05, 0) is 0 Å². The van der Waals surface area contributed by atoms with Crippen molar-refractivity contribution in [3.8, 4) is 0 Å². The van der Waals surface area contributed by atoms with Crippen LogP contribution in [0.2, 0.25) is 0 Å². The molecule has 0 saturated carbocycles. The summed E-state index contributed by atoms with van der Waals surface area (Å²) in [5.74, 6) is -2.62. The smallest absolute Gasteiger partial charge is 0.314 e. The third kappa shape index (κ3) is 4.94. The van der Waals surface area contributed by atoms with Gasteiger partial charge in [-0.25, -0.2) is 0 Å². The normalized spacial score (nSPS) is 8.00. The molecule has 0 amide bonds. The van der Waals surface area contributed by atoms with E-state index in [-0.39, 0.29) is 0 Å². The Balaban J connectivity index is 3.32. The van der Waals surface area contributed by atoms with E-state index in [0.717, 1.165) is 0 Å². The van der Waals surface area contributed by atoms with Crippen LogP contribution in [0.25, 0.3) is 0 Å². The molecule has 2 N–H and O–H groups in total. The Kier molecular flexibility index (Phi) is 1.84. The fourth-order valence-electron chi connectivity index (χ4n) is 0.129. The number of carboxylic acid groups (broad SMARTS) is 2. The zero-order chi connectivity index (χ0) is 5.86. The van der Waals surface area contributed by atoms with Crippen molar-refractivity contribution >= 4 is 11.9 Å². The molecule has 0 bridgehead atoms. The van der Waals surface area contributed by atoms with Gasteiger partial charge in [-0.1, -0.05) is 0 Å². The summed E-state index contributed by atoms with van der Waals surface area (Å²) >= 11 is 0. The fourth-order valence-corrected chi connectivity index (χ4v) is 0.129. The minimum Gasteiger partial charge on any atom is -0.481 e. The lowest BCUT2D eigenvalue weighted by atomic mass is 11.0. The third-order valence-corrected chi connectivity index (χ3v) is 0.302. The Morgan fingerprint density at radius 2 is 1.43 bits per heavy atom. The Bertz CT molecular complexity index is 83.1. The Hall–Kier alpha value is -1.06. The minimum absolute atomic E-state index is 0.806. The molecular formula is C3H4O4. The van der Waals surface area contributed by atoms with Crippen LogP contribution in [-0.2, 0) is 9.59 Å². The maximum Gasteiger partial charge on any atom is 0.314 e. The molecule has 0 aromatic heterocycles. The van der Waals surface area contributed by atoms with Gasteiger partial charge in [0.2, 0.25) is 0 Å². The second-order valence-electron chi connectivity index (χ2n) is 0.964. The van der Waals surface area contributed by atoms with Crippen LogP contribution in [0, 0.1) is 0 Å². The van der Waals surface area contributed by atoms with Crippen LogP contribution >= 0.6 is 0 Å². The summed E-state index contributed by atoms with van der Waals surface area (Å²) in [5, 5.41) is 15.4. The van der Waals surface area contributed by atoms with Gasteiger partial charge in [0.05, 0.1) is 0 Å². The van der Waals surface area contributed by atoms with Crippen molar-refractivity contribution in [2.24, 2.45) is 0 Å². The van der Waals surface area contributed by atoms with E-state index < -0.39 is 18.4 Å². The summed E-state index contributed by atoms with van der Waals surface area (Å²) in [6, 6.07) is 0. The second-order valence-corrected chi connectivity index (χ2v) is 0.964. The number of hydrogen-bond donors (Lipinski definition) is 2. The van der Waals surface area contributed by atoms with Gasteiger partial charge in [0.1, 0.15) is 6.42 Å². The molecule has 4 heteroatoms. The SMILES string of the molecule is O=C(O)[13CH2][13C](=O)O. The largest absolute Gasteiger partial charge is 0.481 e. The molecule has 0 radical (unpaired) electrons. The predicted molar refractivity (Wildman–Crippen MR) is 19.9 cm³/mol. The van der Waals surface area contributed by atoms with E-state index in [1.807, 2.05) is 0 Å². The maximum absolute atomic E-state index is 9.43. The van der Waals surface area contributed by atoms with Gasteiger partial charge in [-0.2, -0.15) is 0 Å². The van der Waals surface area contributed by atoms with Gasteiger partial charge in [0.15, 0.2) is 0 Å². The molecule has 4 nitrogen and oxygen atoms in total. The lowest BCUT2D eigenvalue weighted by Crippen LogP contribution is -2.03. The molecule has 7 heavy (non-hydrogen) atoms. The van der Waals surface area contributed by atoms with Crippen LogP contribution in [0.15, 0.2) is 0 Å². The van der Waals surface area contributed by atoms with Gasteiger partial charge < -0.3 is 10.2 Å². The summed E-state index contributed by atoms with van der Waals surface area (Å²) in [4.78, 5) is 18.9. The standard InChI is InChI=1S/C3H4O4/c4-2(5)1-3(6)7/h1H2,(H,4,5)(H,6,7)/i1+1,2+1. The van der Waals surface area contributed by atoms with Crippen molar-refractivity contribution in [1.82, 2.24) is 0 Å². The molecule has 0 heterocycles. The minimum atomic E-state index is -1.31. The van der Waals surface area contributed by atoms with Crippen molar-refractivity contribution in [3.05, 3.63) is 0 Å². The van der Waals surface area contributed by atoms with Crippen LogP contribution < -0.4 is 0 Å². The van der Waals surface area contributed by atoms with Gasteiger partial charge in [0.25, 0.3) is 0 Å². The molecular weight excluding hydrogens is 102 g/mol.